The first-order valence-corrected chi connectivity index (χ1v) is 7.72. The Bertz CT molecular complexity index is 807. The maximum Gasteiger partial charge on any atom is 0.230 e. The summed E-state index contributed by atoms with van der Waals surface area (Å²) >= 11 is 1.66. The summed E-state index contributed by atoms with van der Waals surface area (Å²) < 4.78 is 4.97. The number of hydrogen-bond acceptors (Lipinski definition) is 5. The zero-order valence-electron chi connectivity index (χ0n) is 12.3. The number of anilines is 1. The number of carbonyl (C=O) groups excluding carboxylic acids is 1. The molecule has 3 rings (SSSR count). The highest BCUT2D eigenvalue weighted by Crippen LogP contribution is 2.29. The van der Waals surface area contributed by atoms with E-state index in [1.165, 1.54) is 4.88 Å². The van der Waals surface area contributed by atoms with Gasteiger partial charge in [0, 0.05) is 28.1 Å². The number of pyridine rings is 1. The number of nitrogens with one attached hydrogen (secondary N) is 1. The van der Waals surface area contributed by atoms with Gasteiger partial charge in [-0.25, -0.2) is 0 Å². The van der Waals surface area contributed by atoms with Crippen molar-refractivity contribution < 1.29 is 9.32 Å². The number of hydrogen-bond donors (Lipinski definition) is 1. The highest BCUT2D eigenvalue weighted by molar-refractivity contribution is 7.10. The Morgan fingerprint density at radius 2 is 2.23 bits per heavy atom. The normalized spacial score (nSPS) is 10.6. The van der Waals surface area contributed by atoms with Crippen molar-refractivity contribution in [3.8, 4) is 11.3 Å². The number of nitrogens with zero attached hydrogens (tertiary/aromatic N) is 2. The van der Waals surface area contributed by atoms with E-state index in [4.69, 9.17) is 4.52 Å². The van der Waals surface area contributed by atoms with Crippen LogP contribution in [0, 0.1) is 13.8 Å². The van der Waals surface area contributed by atoms with Gasteiger partial charge in [-0.1, -0.05) is 5.16 Å². The van der Waals surface area contributed by atoms with Gasteiger partial charge in [0.05, 0.1) is 23.5 Å². The van der Waals surface area contributed by atoms with E-state index in [1.807, 2.05) is 18.4 Å². The lowest BCUT2D eigenvalue weighted by atomic mass is 10.1. The molecule has 0 saturated carbocycles. The third-order valence-electron chi connectivity index (χ3n) is 3.10. The highest BCUT2D eigenvalue weighted by Gasteiger charge is 2.12. The Kier molecular flexibility index (Phi) is 4.02. The molecule has 1 amide bonds. The molecule has 1 N–H and O–H groups in total. The smallest absolute Gasteiger partial charge is 0.230 e. The predicted octanol–water partition coefficient (Wildman–Crippen LogP) is 3.60. The van der Waals surface area contributed by atoms with E-state index in [2.05, 4.69) is 21.5 Å². The number of carbonyl (C=O) groups is 1. The van der Waals surface area contributed by atoms with Gasteiger partial charge >= 0.3 is 0 Å². The molecule has 3 heterocycles. The van der Waals surface area contributed by atoms with Crippen molar-refractivity contribution in [3.63, 3.8) is 0 Å². The van der Waals surface area contributed by atoms with Crippen molar-refractivity contribution in [2.24, 2.45) is 0 Å². The van der Waals surface area contributed by atoms with Crippen molar-refractivity contribution in [1.29, 1.82) is 0 Å². The molecular formula is C16H15N3O2S. The van der Waals surface area contributed by atoms with Gasteiger partial charge in [-0.05, 0) is 32.0 Å². The minimum Gasteiger partial charge on any atom is -0.361 e. The van der Waals surface area contributed by atoms with Crippen LogP contribution in [0.1, 0.15) is 16.3 Å². The van der Waals surface area contributed by atoms with Crippen molar-refractivity contribution in [1.82, 2.24) is 10.1 Å². The molecule has 0 fully saturated rings. The highest BCUT2D eigenvalue weighted by atomic mass is 32.1. The largest absolute Gasteiger partial charge is 0.361 e. The van der Waals surface area contributed by atoms with Crippen molar-refractivity contribution >= 4 is 22.9 Å². The average Bonchev–Trinajstić information content (AvgIpc) is 3.08. The summed E-state index contributed by atoms with van der Waals surface area (Å²) in [6.07, 6.45) is 1.90. The number of aromatic nitrogens is 2. The number of thiophene rings is 1. The van der Waals surface area contributed by atoms with Gasteiger partial charge in [0.1, 0.15) is 5.76 Å². The molecule has 0 aliphatic heterocycles. The summed E-state index contributed by atoms with van der Waals surface area (Å²) in [5.74, 6) is 0.549. The van der Waals surface area contributed by atoms with E-state index >= 15 is 0 Å². The average molecular weight is 313 g/mol. The molecule has 0 aliphatic rings. The van der Waals surface area contributed by atoms with Gasteiger partial charge in [-0.15, -0.1) is 11.3 Å². The second-order valence-corrected chi connectivity index (χ2v) is 6.11. The summed E-state index contributed by atoms with van der Waals surface area (Å²) in [6, 6.07) is 7.47. The van der Waals surface area contributed by atoms with Gasteiger partial charge in [0.15, 0.2) is 0 Å². The lowest BCUT2D eigenvalue weighted by molar-refractivity contribution is -0.115. The van der Waals surface area contributed by atoms with Gasteiger partial charge in [-0.2, -0.15) is 0 Å². The van der Waals surface area contributed by atoms with Crippen LogP contribution in [0.3, 0.4) is 0 Å². The van der Waals surface area contributed by atoms with Crippen LogP contribution in [0.2, 0.25) is 0 Å². The SMILES string of the molecule is Cc1cc(CC(=O)Nc2cccnc2-c2csc(C)c2)no1. The molecule has 5 nitrogen and oxygen atoms in total. The van der Waals surface area contributed by atoms with E-state index in [1.54, 1.807) is 36.6 Å². The quantitative estimate of drug-likeness (QED) is 0.799. The summed E-state index contributed by atoms with van der Waals surface area (Å²) in [5.41, 5.74) is 3.10. The topological polar surface area (TPSA) is 68.0 Å². The summed E-state index contributed by atoms with van der Waals surface area (Å²) in [5, 5.41) is 8.77. The van der Waals surface area contributed by atoms with Crippen LogP contribution in [0.25, 0.3) is 11.3 Å². The molecule has 22 heavy (non-hydrogen) atoms. The third-order valence-corrected chi connectivity index (χ3v) is 3.97. The van der Waals surface area contributed by atoms with Crippen LogP contribution in [0.4, 0.5) is 5.69 Å². The Hall–Kier alpha value is -2.47. The molecule has 0 saturated heterocycles. The molecule has 0 aromatic carbocycles. The minimum atomic E-state index is -0.144. The maximum absolute atomic E-state index is 12.2. The Labute approximate surface area is 132 Å². The fraction of sp³-hybridized carbons (Fsp3) is 0.188. The van der Waals surface area contributed by atoms with Crippen LogP contribution < -0.4 is 5.32 Å². The molecule has 112 valence electrons. The van der Waals surface area contributed by atoms with E-state index in [-0.39, 0.29) is 12.3 Å². The molecule has 0 atom stereocenters. The third kappa shape index (κ3) is 3.23. The maximum atomic E-state index is 12.2. The first kappa shape index (κ1) is 14.5. The first-order valence-electron chi connectivity index (χ1n) is 6.84. The molecule has 3 aromatic rings. The van der Waals surface area contributed by atoms with Crippen molar-refractivity contribution in [3.05, 3.63) is 52.2 Å². The second kappa shape index (κ2) is 6.11. The van der Waals surface area contributed by atoms with Crippen LogP contribution in [-0.4, -0.2) is 16.0 Å². The molecule has 0 aliphatic carbocycles. The summed E-state index contributed by atoms with van der Waals surface area (Å²) in [6.45, 7) is 3.84. The van der Waals surface area contributed by atoms with Gasteiger partial charge in [-0.3, -0.25) is 9.78 Å². The zero-order valence-corrected chi connectivity index (χ0v) is 13.1. The van der Waals surface area contributed by atoms with Gasteiger partial charge in [0.25, 0.3) is 0 Å². The second-order valence-electron chi connectivity index (χ2n) is 5.00. The van der Waals surface area contributed by atoms with Crippen molar-refractivity contribution in [2.45, 2.75) is 20.3 Å². The monoisotopic (exact) mass is 313 g/mol. The summed E-state index contributed by atoms with van der Waals surface area (Å²) in [7, 11) is 0. The lowest BCUT2D eigenvalue weighted by Crippen LogP contribution is -2.15. The molecule has 0 bridgehead atoms. The molecule has 0 radical (unpaired) electrons. The summed E-state index contributed by atoms with van der Waals surface area (Å²) in [4.78, 5) is 17.8. The standard InChI is InChI=1S/C16H15N3O2S/c1-10-6-13(19-21-10)8-15(20)18-14-4-3-5-17-16(14)12-7-11(2)22-9-12/h3-7,9H,8H2,1-2H3,(H,18,20). The van der Waals surface area contributed by atoms with E-state index in [0.29, 0.717) is 17.1 Å². The van der Waals surface area contributed by atoms with Crippen LogP contribution >= 0.6 is 11.3 Å². The predicted molar refractivity (Wildman–Crippen MR) is 85.9 cm³/mol. The number of rotatable bonds is 4. The molecule has 6 heteroatoms. The zero-order chi connectivity index (χ0) is 15.5. The van der Waals surface area contributed by atoms with Gasteiger partial charge in [0.2, 0.25) is 5.91 Å². The number of amides is 1. The van der Waals surface area contributed by atoms with Gasteiger partial charge < -0.3 is 9.84 Å². The minimum absolute atomic E-state index is 0.144. The molecule has 0 unspecified atom stereocenters. The van der Waals surface area contributed by atoms with Crippen LogP contribution in [-0.2, 0) is 11.2 Å². The van der Waals surface area contributed by atoms with Crippen LogP contribution in [0.5, 0.6) is 0 Å². The van der Waals surface area contributed by atoms with E-state index in [9.17, 15) is 4.79 Å². The van der Waals surface area contributed by atoms with Crippen LogP contribution in [0.15, 0.2) is 40.4 Å². The fourth-order valence-electron chi connectivity index (χ4n) is 2.16. The molecule has 0 spiro atoms. The Morgan fingerprint density at radius 1 is 1.36 bits per heavy atom. The van der Waals surface area contributed by atoms with Crippen molar-refractivity contribution in [2.75, 3.05) is 5.32 Å². The fourth-order valence-corrected chi connectivity index (χ4v) is 2.85. The number of aryl methyl sites for hydroxylation is 2. The Morgan fingerprint density at radius 3 is 2.91 bits per heavy atom. The first-order chi connectivity index (χ1) is 10.6. The van der Waals surface area contributed by atoms with E-state index < -0.39 is 0 Å². The lowest BCUT2D eigenvalue weighted by Gasteiger charge is -2.08. The van der Waals surface area contributed by atoms with E-state index in [0.717, 1.165) is 11.3 Å². The molecular weight excluding hydrogens is 298 g/mol. The molecule has 3 aromatic heterocycles. The Balaban J connectivity index is 1.79.